The Labute approximate surface area is 172 Å². The van der Waals surface area contributed by atoms with E-state index in [1.165, 1.54) is 35.2 Å². The first kappa shape index (κ1) is 19.4. The molecule has 2 aromatic carbocycles. The van der Waals surface area contributed by atoms with E-state index >= 15 is 0 Å². The first-order chi connectivity index (χ1) is 15.0. The van der Waals surface area contributed by atoms with E-state index in [-0.39, 0.29) is 17.2 Å². The summed E-state index contributed by atoms with van der Waals surface area (Å²) in [6, 6.07) is 12.3. The zero-order valence-corrected chi connectivity index (χ0v) is 15.5. The molecule has 0 aliphatic rings. The number of aromatic nitrogens is 4. The molecule has 2 N–H and O–H groups in total. The minimum absolute atomic E-state index is 0.0730. The summed E-state index contributed by atoms with van der Waals surface area (Å²) in [6.07, 6.45) is 2.46. The van der Waals surface area contributed by atoms with E-state index in [1.54, 1.807) is 24.3 Å². The largest absolute Gasteiger partial charge is 0.355 e. The number of hydrazine groups is 1. The predicted molar refractivity (Wildman–Crippen MR) is 107 cm³/mol. The van der Waals surface area contributed by atoms with Crippen LogP contribution < -0.4 is 10.9 Å². The van der Waals surface area contributed by atoms with Crippen LogP contribution in [0.5, 0.6) is 0 Å². The number of anilines is 1. The van der Waals surface area contributed by atoms with Crippen molar-refractivity contribution in [3.05, 3.63) is 87.0 Å². The molecule has 13 nitrogen and oxygen atoms in total. The fourth-order valence-corrected chi connectivity index (χ4v) is 2.94. The molecule has 0 bridgehead atoms. The van der Waals surface area contributed by atoms with Crippen molar-refractivity contribution in [2.24, 2.45) is 0 Å². The molecule has 0 saturated carbocycles. The van der Waals surface area contributed by atoms with Crippen molar-refractivity contribution in [1.82, 2.24) is 24.9 Å². The minimum atomic E-state index is -0.866. The smallest absolute Gasteiger partial charge is 0.277 e. The lowest BCUT2D eigenvalue weighted by Gasteiger charge is -2.10. The van der Waals surface area contributed by atoms with E-state index in [4.69, 9.17) is 0 Å². The van der Waals surface area contributed by atoms with Gasteiger partial charge < -0.3 is 0 Å². The van der Waals surface area contributed by atoms with Crippen LogP contribution in [-0.4, -0.2) is 35.3 Å². The quantitative estimate of drug-likeness (QED) is 0.351. The van der Waals surface area contributed by atoms with Crippen molar-refractivity contribution >= 4 is 34.1 Å². The van der Waals surface area contributed by atoms with E-state index in [1.807, 2.05) is 0 Å². The highest BCUT2D eigenvalue weighted by molar-refractivity contribution is 5.98. The van der Waals surface area contributed by atoms with Crippen LogP contribution in [0.1, 0.15) is 10.4 Å². The minimum Gasteiger partial charge on any atom is -0.277 e. The summed E-state index contributed by atoms with van der Waals surface area (Å²) in [7, 11) is 0. The Morgan fingerprint density at radius 1 is 0.935 bits per heavy atom. The molecule has 31 heavy (non-hydrogen) atoms. The van der Waals surface area contributed by atoms with Gasteiger partial charge in [-0.2, -0.15) is 0 Å². The fourth-order valence-electron chi connectivity index (χ4n) is 2.94. The van der Waals surface area contributed by atoms with Gasteiger partial charge in [0.2, 0.25) is 11.6 Å². The number of carbonyl (C=O) groups excluding carboxylic acids is 1. The van der Waals surface area contributed by atoms with E-state index in [0.717, 1.165) is 6.33 Å². The van der Waals surface area contributed by atoms with Crippen LogP contribution in [0.25, 0.3) is 16.9 Å². The molecule has 2 heterocycles. The Hall–Kier alpha value is -4.94. The molecule has 2 aromatic heterocycles. The molecule has 0 saturated heterocycles. The van der Waals surface area contributed by atoms with Gasteiger partial charge in [-0.1, -0.05) is 24.3 Å². The van der Waals surface area contributed by atoms with Gasteiger partial charge >= 0.3 is 5.69 Å². The Kier molecular flexibility index (Phi) is 4.89. The first-order valence-corrected chi connectivity index (χ1v) is 8.69. The summed E-state index contributed by atoms with van der Waals surface area (Å²) < 4.78 is 1.42. The van der Waals surface area contributed by atoms with Gasteiger partial charge in [-0.05, 0) is 18.2 Å². The topological polar surface area (TPSA) is 171 Å². The molecular formula is C18H12N8O5. The number of carbonyl (C=O) groups is 1. The van der Waals surface area contributed by atoms with Gasteiger partial charge in [0.05, 0.1) is 20.9 Å². The van der Waals surface area contributed by atoms with Crippen molar-refractivity contribution in [2.45, 2.75) is 0 Å². The third-order valence-corrected chi connectivity index (χ3v) is 4.31. The first-order valence-electron chi connectivity index (χ1n) is 8.69. The fraction of sp³-hybridized carbons (Fsp3) is 0. The van der Waals surface area contributed by atoms with Crippen LogP contribution in [0, 0.1) is 20.2 Å². The summed E-state index contributed by atoms with van der Waals surface area (Å²) in [4.78, 5) is 45.9. The van der Waals surface area contributed by atoms with Crippen molar-refractivity contribution in [1.29, 1.82) is 0 Å². The average molecular weight is 420 g/mol. The SMILES string of the molecule is O=C(NNc1ncnc(-n2cnc3ccccc32)c1[N+](=O)[O-])c1ccccc1[N+](=O)[O-]. The van der Waals surface area contributed by atoms with E-state index < -0.39 is 27.1 Å². The maximum absolute atomic E-state index is 12.4. The molecular weight excluding hydrogens is 408 g/mol. The number of para-hydroxylation sites is 3. The van der Waals surface area contributed by atoms with E-state index in [0.29, 0.717) is 11.0 Å². The maximum Gasteiger partial charge on any atom is 0.355 e. The number of hydrogen-bond donors (Lipinski definition) is 2. The van der Waals surface area contributed by atoms with Gasteiger partial charge in [0.25, 0.3) is 11.6 Å². The number of hydrogen-bond acceptors (Lipinski definition) is 9. The lowest BCUT2D eigenvalue weighted by atomic mass is 10.2. The molecule has 1 amide bonds. The highest BCUT2D eigenvalue weighted by Gasteiger charge is 2.26. The summed E-state index contributed by atoms with van der Waals surface area (Å²) in [5.74, 6) is -1.24. The van der Waals surface area contributed by atoms with Crippen molar-refractivity contribution in [3.63, 3.8) is 0 Å². The van der Waals surface area contributed by atoms with Crippen molar-refractivity contribution < 1.29 is 14.6 Å². The second-order valence-corrected chi connectivity index (χ2v) is 6.11. The Balaban J connectivity index is 1.69. The third kappa shape index (κ3) is 3.57. The van der Waals surface area contributed by atoms with Gasteiger partial charge in [-0.25, -0.2) is 15.0 Å². The number of imidazole rings is 1. The zero-order valence-electron chi connectivity index (χ0n) is 15.5. The van der Waals surface area contributed by atoms with Crippen LogP contribution in [0.2, 0.25) is 0 Å². The molecule has 0 atom stereocenters. The number of rotatable bonds is 6. The molecule has 13 heteroatoms. The lowest BCUT2D eigenvalue weighted by molar-refractivity contribution is -0.385. The third-order valence-electron chi connectivity index (χ3n) is 4.31. The number of nitro benzene ring substituents is 1. The maximum atomic E-state index is 12.4. The predicted octanol–water partition coefficient (Wildman–Crippen LogP) is 2.39. The Bertz CT molecular complexity index is 1340. The number of nitrogens with one attached hydrogen (secondary N) is 2. The summed E-state index contributed by atoms with van der Waals surface area (Å²) in [5, 5.41) is 22.9. The number of nitro groups is 2. The normalized spacial score (nSPS) is 10.6. The Morgan fingerprint density at radius 2 is 1.68 bits per heavy atom. The van der Waals surface area contributed by atoms with Crippen LogP contribution in [-0.2, 0) is 0 Å². The molecule has 0 aliphatic carbocycles. The summed E-state index contributed by atoms with van der Waals surface area (Å²) in [6.45, 7) is 0. The zero-order chi connectivity index (χ0) is 22.0. The van der Waals surface area contributed by atoms with Crippen LogP contribution in [0.3, 0.4) is 0 Å². The lowest BCUT2D eigenvalue weighted by Crippen LogP contribution is -2.31. The van der Waals surface area contributed by atoms with Gasteiger partial charge in [-0.3, -0.25) is 40.4 Å². The second kappa shape index (κ2) is 7.82. The van der Waals surface area contributed by atoms with Crippen LogP contribution in [0.4, 0.5) is 17.2 Å². The van der Waals surface area contributed by atoms with Gasteiger partial charge in [0.15, 0.2) is 0 Å². The molecule has 4 aromatic rings. The second-order valence-electron chi connectivity index (χ2n) is 6.11. The number of fused-ring (bicyclic) bond motifs is 1. The molecule has 0 fully saturated rings. The van der Waals surface area contributed by atoms with E-state index in [9.17, 15) is 25.0 Å². The molecule has 0 spiro atoms. The summed E-state index contributed by atoms with van der Waals surface area (Å²) >= 11 is 0. The summed E-state index contributed by atoms with van der Waals surface area (Å²) in [5.41, 5.74) is 4.60. The molecule has 0 unspecified atom stereocenters. The average Bonchev–Trinajstić information content (AvgIpc) is 3.21. The Morgan fingerprint density at radius 3 is 2.45 bits per heavy atom. The molecule has 0 aliphatic heterocycles. The monoisotopic (exact) mass is 420 g/mol. The van der Waals surface area contributed by atoms with E-state index in [2.05, 4.69) is 25.8 Å². The van der Waals surface area contributed by atoms with Crippen molar-refractivity contribution in [3.8, 4) is 5.82 Å². The number of nitrogens with zero attached hydrogens (tertiary/aromatic N) is 6. The molecule has 0 radical (unpaired) electrons. The van der Waals surface area contributed by atoms with Crippen molar-refractivity contribution in [2.75, 3.05) is 5.43 Å². The standard InChI is InChI=1S/C18H12N8O5/c27-18(11-5-1-3-7-13(11)25(28)29)23-22-16-15(26(30)31)17(20-9-19-16)24-10-21-12-6-2-4-8-14(12)24/h1-10H,(H,23,27)(H,19,20,22). The van der Waals surface area contributed by atoms with Gasteiger partial charge in [0.1, 0.15) is 18.2 Å². The molecule has 4 rings (SSSR count). The van der Waals surface area contributed by atoms with Gasteiger partial charge in [0, 0.05) is 6.07 Å². The number of benzene rings is 2. The van der Waals surface area contributed by atoms with Crippen LogP contribution in [0.15, 0.2) is 61.2 Å². The van der Waals surface area contributed by atoms with Crippen LogP contribution >= 0.6 is 0 Å². The highest BCUT2D eigenvalue weighted by Crippen LogP contribution is 2.29. The highest BCUT2D eigenvalue weighted by atomic mass is 16.6. The van der Waals surface area contributed by atoms with Gasteiger partial charge in [-0.15, -0.1) is 0 Å². The number of amides is 1. The molecule has 154 valence electrons.